The molecule has 2 rings (SSSR count). The smallest absolute Gasteiger partial charge is 0.404 e. The zero-order valence-electron chi connectivity index (χ0n) is 11.8. The Bertz CT molecular complexity index is 674. The molecule has 0 spiro atoms. The molecule has 0 bridgehead atoms. The van der Waals surface area contributed by atoms with Gasteiger partial charge in [-0.1, -0.05) is 11.6 Å². The molecule has 2 aromatic heterocycles. The lowest BCUT2D eigenvalue weighted by molar-refractivity contribution is -0.118. The number of nitrogens with zero attached hydrogens (tertiary/aromatic N) is 4. The number of carbonyl (C=O) groups is 2. The minimum absolute atomic E-state index is 0.00611. The number of anilines is 1. The van der Waals surface area contributed by atoms with Gasteiger partial charge < -0.3 is 15.4 Å². The van der Waals surface area contributed by atoms with Crippen LogP contribution >= 0.6 is 11.6 Å². The molecule has 0 fully saturated rings. The van der Waals surface area contributed by atoms with Gasteiger partial charge in [-0.2, -0.15) is 5.10 Å². The Hall–Kier alpha value is -2.61. The second kappa shape index (κ2) is 6.90. The summed E-state index contributed by atoms with van der Waals surface area (Å²) in [5.41, 5.74) is 5.99. The zero-order valence-corrected chi connectivity index (χ0v) is 12.5. The summed E-state index contributed by atoms with van der Waals surface area (Å²) in [6.07, 6.45) is 3.96. The normalized spacial score (nSPS) is 10.3. The van der Waals surface area contributed by atoms with Crippen molar-refractivity contribution in [1.29, 1.82) is 0 Å². The van der Waals surface area contributed by atoms with E-state index in [0.717, 1.165) is 0 Å². The van der Waals surface area contributed by atoms with Crippen molar-refractivity contribution in [2.45, 2.75) is 6.42 Å². The standard InChI is InChI=1S/C13H14ClN5O3/c1-18(11(20)4-6-22-13(15)21)10-8-19(17-12(10)14)9-3-2-5-16-7-9/h2-3,5,7-8H,4,6H2,1H3,(H2,15,21). The van der Waals surface area contributed by atoms with E-state index in [9.17, 15) is 9.59 Å². The fourth-order valence-corrected chi connectivity index (χ4v) is 1.99. The van der Waals surface area contributed by atoms with Gasteiger partial charge in [0.25, 0.3) is 0 Å². The molecule has 0 unspecified atom stereocenters. The summed E-state index contributed by atoms with van der Waals surface area (Å²) in [6, 6.07) is 3.57. The van der Waals surface area contributed by atoms with Gasteiger partial charge in [0, 0.05) is 13.2 Å². The number of ether oxygens (including phenoxy) is 1. The molecule has 8 nitrogen and oxygen atoms in total. The summed E-state index contributed by atoms with van der Waals surface area (Å²) >= 11 is 6.07. The number of pyridine rings is 1. The highest BCUT2D eigenvalue weighted by Gasteiger charge is 2.18. The highest BCUT2D eigenvalue weighted by Crippen LogP contribution is 2.25. The summed E-state index contributed by atoms with van der Waals surface area (Å²) in [4.78, 5) is 27.8. The van der Waals surface area contributed by atoms with Crippen LogP contribution in [0.2, 0.25) is 5.15 Å². The van der Waals surface area contributed by atoms with Crippen molar-refractivity contribution >= 4 is 29.3 Å². The number of aromatic nitrogens is 3. The maximum Gasteiger partial charge on any atom is 0.404 e. The Morgan fingerprint density at radius 2 is 2.27 bits per heavy atom. The lowest BCUT2D eigenvalue weighted by atomic mass is 10.3. The van der Waals surface area contributed by atoms with E-state index in [-0.39, 0.29) is 24.1 Å². The first kappa shape index (κ1) is 15.8. The molecule has 0 radical (unpaired) electrons. The molecule has 2 aromatic rings. The number of rotatable bonds is 5. The number of carbonyl (C=O) groups excluding carboxylic acids is 2. The molecule has 116 valence electrons. The SMILES string of the molecule is CN(C(=O)CCOC(N)=O)c1cn(-c2cccnc2)nc1Cl. The van der Waals surface area contributed by atoms with Gasteiger partial charge in [0.05, 0.1) is 24.5 Å². The predicted molar refractivity (Wildman–Crippen MR) is 79.9 cm³/mol. The Kier molecular flexibility index (Phi) is 4.95. The van der Waals surface area contributed by atoms with Crippen LogP contribution in [0, 0.1) is 0 Å². The fourth-order valence-electron chi connectivity index (χ4n) is 1.73. The summed E-state index contributed by atoms with van der Waals surface area (Å²) in [5.74, 6) is -0.283. The van der Waals surface area contributed by atoms with E-state index in [4.69, 9.17) is 17.3 Å². The van der Waals surface area contributed by atoms with Gasteiger partial charge in [0.1, 0.15) is 12.3 Å². The van der Waals surface area contributed by atoms with E-state index in [2.05, 4.69) is 14.8 Å². The van der Waals surface area contributed by atoms with Crippen LogP contribution in [0.3, 0.4) is 0 Å². The maximum atomic E-state index is 12.0. The van der Waals surface area contributed by atoms with Gasteiger partial charge in [-0.15, -0.1) is 0 Å². The number of amides is 2. The number of primary amides is 1. The van der Waals surface area contributed by atoms with Gasteiger partial charge in [0.15, 0.2) is 5.15 Å². The monoisotopic (exact) mass is 323 g/mol. The topological polar surface area (TPSA) is 103 Å². The maximum absolute atomic E-state index is 12.0. The van der Waals surface area contributed by atoms with Crippen molar-refractivity contribution in [3.05, 3.63) is 35.9 Å². The number of nitrogens with two attached hydrogens (primary N) is 1. The minimum atomic E-state index is -0.919. The van der Waals surface area contributed by atoms with Crippen LogP contribution in [-0.2, 0) is 9.53 Å². The van der Waals surface area contributed by atoms with Crippen molar-refractivity contribution in [2.24, 2.45) is 5.73 Å². The molecular formula is C13H14ClN5O3. The highest BCUT2D eigenvalue weighted by molar-refractivity contribution is 6.32. The molecule has 0 saturated heterocycles. The molecule has 0 aliphatic carbocycles. The van der Waals surface area contributed by atoms with Crippen molar-refractivity contribution in [2.75, 3.05) is 18.6 Å². The van der Waals surface area contributed by atoms with Gasteiger partial charge in [-0.25, -0.2) is 9.48 Å². The molecule has 22 heavy (non-hydrogen) atoms. The van der Waals surface area contributed by atoms with Crippen molar-refractivity contribution in [1.82, 2.24) is 14.8 Å². The van der Waals surface area contributed by atoms with Gasteiger partial charge >= 0.3 is 6.09 Å². The third kappa shape index (κ3) is 3.73. The first-order valence-corrected chi connectivity index (χ1v) is 6.71. The second-order valence-electron chi connectivity index (χ2n) is 4.33. The molecule has 0 aliphatic rings. The molecular weight excluding hydrogens is 310 g/mol. The third-order valence-corrected chi connectivity index (χ3v) is 3.13. The molecule has 0 atom stereocenters. The van der Waals surface area contributed by atoms with Crippen LogP contribution in [0.15, 0.2) is 30.7 Å². The van der Waals surface area contributed by atoms with Crippen LogP contribution in [0.5, 0.6) is 0 Å². The van der Waals surface area contributed by atoms with E-state index in [1.54, 1.807) is 31.7 Å². The van der Waals surface area contributed by atoms with Gasteiger partial charge in [0.2, 0.25) is 5.91 Å². The lowest BCUT2D eigenvalue weighted by Gasteiger charge is -2.15. The van der Waals surface area contributed by atoms with E-state index in [1.165, 1.54) is 9.58 Å². The van der Waals surface area contributed by atoms with Crippen LogP contribution in [0.25, 0.3) is 5.69 Å². The largest absolute Gasteiger partial charge is 0.449 e. The molecule has 0 aromatic carbocycles. The molecule has 0 aliphatic heterocycles. The Morgan fingerprint density at radius 1 is 1.50 bits per heavy atom. The molecule has 2 amide bonds. The van der Waals surface area contributed by atoms with Crippen LogP contribution in [0.1, 0.15) is 6.42 Å². The van der Waals surface area contributed by atoms with Crippen molar-refractivity contribution in [3.8, 4) is 5.69 Å². The molecule has 0 saturated carbocycles. The van der Waals surface area contributed by atoms with E-state index in [1.807, 2.05) is 6.07 Å². The van der Waals surface area contributed by atoms with E-state index >= 15 is 0 Å². The van der Waals surface area contributed by atoms with Crippen LogP contribution in [0.4, 0.5) is 10.5 Å². The average Bonchev–Trinajstić information content (AvgIpc) is 2.89. The Morgan fingerprint density at radius 3 is 2.91 bits per heavy atom. The van der Waals surface area contributed by atoms with Crippen molar-refractivity contribution < 1.29 is 14.3 Å². The van der Waals surface area contributed by atoms with Crippen molar-refractivity contribution in [3.63, 3.8) is 0 Å². The molecule has 2 N–H and O–H groups in total. The summed E-state index contributed by atoms with van der Waals surface area (Å²) < 4.78 is 6.05. The van der Waals surface area contributed by atoms with Gasteiger partial charge in [-0.3, -0.25) is 9.78 Å². The molecule has 9 heteroatoms. The van der Waals surface area contributed by atoms with Gasteiger partial charge in [-0.05, 0) is 12.1 Å². The zero-order chi connectivity index (χ0) is 16.1. The highest BCUT2D eigenvalue weighted by atomic mass is 35.5. The Balaban J connectivity index is 2.10. The third-order valence-electron chi connectivity index (χ3n) is 2.86. The number of halogens is 1. The summed E-state index contributed by atoms with van der Waals surface area (Å²) in [5, 5.41) is 4.31. The predicted octanol–water partition coefficient (Wildman–Crippen LogP) is 1.37. The Labute approximate surface area is 131 Å². The fraction of sp³-hybridized carbons (Fsp3) is 0.231. The number of hydrogen-bond acceptors (Lipinski definition) is 5. The van der Waals surface area contributed by atoms with E-state index in [0.29, 0.717) is 11.4 Å². The molecule has 2 heterocycles. The quantitative estimate of drug-likeness (QED) is 0.895. The first-order valence-electron chi connectivity index (χ1n) is 6.33. The summed E-state index contributed by atoms with van der Waals surface area (Å²) in [7, 11) is 1.56. The average molecular weight is 324 g/mol. The van der Waals surface area contributed by atoms with Crippen LogP contribution in [-0.4, -0.2) is 40.4 Å². The minimum Gasteiger partial charge on any atom is -0.449 e. The lowest BCUT2D eigenvalue weighted by Crippen LogP contribution is -2.28. The second-order valence-corrected chi connectivity index (χ2v) is 4.69. The van der Waals surface area contributed by atoms with E-state index < -0.39 is 6.09 Å². The van der Waals surface area contributed by atoms with Crippen LogP contribution < -0.4 is 10.6 Å². The first-order chi connectivity index (χ1) is 10.5. The summed E-state index contributed by atoms with van der Waals surface area (Å²) in [6.45, 7) is -0.0904. The number of hydrogen-bond donors (Lipinski definition) is 1.